The largest absolute Gasteiger partial charge is 0.335 e. The molecule has 0 aromatic carbocycles. The van der Waals surface area contributed by atoms with Crippen LogP contribution in [0.4, 0.5) is 0 Å². The maximum Gasteiger partial charge on any atom is 0.110 e. The molecular formula is C14H26N4. The molecule has 0 radical (unpaired) electrons. The van der Waals surface area contributed by atoms with Gasteiger partial charge in [0, 0.05) is 31.4 Å². The van der Waals surface area contributed by atoms with E-state index in [0.717, 1.165) is 18.8 Å². The highest BCUT2D eigenvalue weighted by Crippen LogP contribution is 2.26. The number of nitrogens with zero attached hydrogens (tertiary/aromatic N) is 2. The average Bonchev–Trinajstić information content (AvgIpc) is 2.67. The zero-order chi connectivity index (χ0) is 12.8. The number of hydrogen-bond acceptors (Lipinski definition) is 3. The minimum absolute atomic E-state index is 0.371. The molecule has 3 N–H and O–H groups in total. The van der Waals surface area contributed by atoms with Crippen LogP contribution in [0.15, 0.2) is 12.4 Å². The van der Waals surface area contributed by atoms with E-state index in [9.17, 15) is 0 Å². The Hall–Kier alpha value is -0.870. The highest BCUT2D eigenvalue weighted by atomic mass is 15.2. The van der Waals surface area contributed by atoms with Crippen molar-refractivity contribution in [1.29, 1.82) is 0 Å². The first-order valence-electron chi connectivity index (χ1n) is 7.31. The van der Waals surface area contributed by atoms with Crippen LogP contribution >= 0.6 is 0 Å². The molecule has 1 aromatic heterocycles. The molecule has 1 aromatic rings. The van der Waals surface area contributed by atoms with Gasteiger partial charge in [0.1, 0.15) is 5.82 Å². The quantitative estimate of drug-likeness (QED) is 0.479. The Bertz CT molecular complexity index is 339. The van der Waals surface area contributed by atoms with Gasteiger partial charge >= 0.3 is 0 Å². The van der Waals surface area contributed by atoms with Gasteiger partial charge in [-0.1, -0.05) is 25.7 Å². The Balaban J connectivity index is 1.99. The van der Waals surface area contributed by atoms with E-state index in [1.54, 1.807) is 0 Å². The molecule has 1 aliphatic carbocycles. The molecule has 1 atom stereocenters. The SMILES string of the molecule is CCn1ccnc1CC(NN)C1CCCCCC1. The Morgan fingerprint density at radius 1 is 1.39 bits per heavy atom. The fraction of sp³-hybridized carbons (Fsp3) is 0.786. The highest BCUT2D eigenvalue weighted by molar-refractivity contribution is 4.96. The minimum atomic E-state index is 0.371. The molecule has 102 valence electrons. The molecule has 2 rings (SSSR count). The fourth-order valence-electron chi connectivity index (χ4n) is 3.09. The monoisotopic (exact) mass is 250 g/mol. The van der Waals surface area contributed by atoms with Crippen LogP contribution in [0.3, 0.4) is 0 Å². The van der Waals surface area contributed by atoms with Crippen LogP contribution in [-0.2, 0) is 13.0 Å². The van der Waals surface area contributed by atoms with Crippen molar-refractivity contribution < 1.29 is 0 Å². The normalized spacial score (nSPS) is 19.7. The molecule has 4 nitrogen and oxygen atoms in total. The van der Waals surface area contributed by atoms with E-state index in [1.807, 2.05) is 6.20 Å². The Labute approximate surface area is 110 Å². The molecule has 1 unspecified atom stereocenters. The summed E-state index contributed by atoms with van der Waals surface area (Å²) in [5.41, 5.74) is 3.04. The van der Waals surface area contributed by atoms with Gasteiger partial charge in [0.25, 0.3) is 0 Å². The molecule has 0 spiro atoms. The predicted octanol–water partition coefficient (Wildman–Crippen LogP) is 2.25. The third-order valence-corrected chi connectivity index (χ3v) is 4.23. The predicted molar refractivity (Wildman–Crippen MR) is 73.9 cm³/mol. The van der Waals surface area contributed by atoms with Crippen molar-refractivity contribution in [3.63, 3.8) is 0 Å². The third kappa shape index (κ3) is 3.33. The molecule has 0 aliphatic heterocycles. The topological polar surface area (TPSA) is 55.9 Å². The molecule has 1 heterocycles. The Morgan fingerprint density at radius 3 is 2.72 bits per heavy atom. The van der Waals surface area contributed by atoms with Gasteiger partial charge in [0.2, 0.25) is 0 Å². The van der Waals surface area contributed by atoms with Crippen LogP contribution in [0.2, 0.25) is 0 Å². The van der Waals surface area contributed by atoms with Gasteiger partial charge < -0.3 is 4.57 Å². The standard InChI is InChI=1S/C14H26N4/c1-2-18-10-9-16-14(18)11-13(17-15)12-7-5-3-4-6-8-12/h9-10,12-13,17H,2-8,11,15H2,1H3. The lowest BCUT2D eigenvalue weighted by molar-refractivity contribution is 0.314. The van der Waals surface area contributed by atoms with Crippen LogP contribution in [0, 0.1) is 5.92 Å². The number of imidazole rings is 1. The summed E-state index contributed by atoms with van der Waals surface area (Å²) in [5.74, 6) is 7.64. The molecule has 0 saturated heterocycles. The average molecular weight is 250 g/mol. The Morgan fingerprint density at radius 2 is 2.11 bits per heavy atom. The van der Waals surface area contributed by atoms with Gasteiger partial charge in [-0.3, -0.25) is 11.3 Å². The summed E-state index contributed by atoms with van der Waals surface area (Å²) >= 11 is 0. The van der Waals surface area contributed by atoms with Gasteiger partial charge in [-0.05, 0) is 25.7 Å². The van der Waals surface area contributed by atoms with E-state index in [1.165, 1.54) is 38.5 Å². The maximum absolute atomic E-state index is 5.78. The van der Waals surface area contributed by atoms with Crippen LogP contribution in [0.25, 0.3) is 0 Å². The summed E-state index contributed by atoms with van der Waals surface area (Å²) in [6, 6.07) is 0.371. The lowest BCUT2D eigenvalue weighted by Gasteiger charge is -2.25. The zero-order valence-electron chi connectivity index (χ0n) is 11.4. The molecular weight excluding hydrogens is 224 g/mol. The van der Waals surface area contributed by atoms with Crippen LogP contribution < -0.4 is 11.3 Å². The third-order valence-electron chi connectivity index (χ3n) is 4.23. The molecule has 4 heteroatoms. The molecule has 0 bridgehead atoms. The van der Waals surface area contributed by atoms with E-state index in [-0.39, 0.29) is 0 Å². The molecule has 0 amide bonds. The van der Waals surface area contributed by atoms with Gasteiger partial charge in [0.05, 0.1) is 0 Å². The second kappa shape index (κ2) is 6.90. The number of aromatic nitrogens is 2. The van der Waals surface area contributed by atoms with Crippen molar-refractivity contribution >= 4 is 0 Å². The second-order valence-corrected chi connectivity index (χ2v) is 5.36. The number of rotatable bonds is 5. The van der Waals surface area contributed by atoms with E-state index in [2.05, 4.69) is 28.1 Å². The van der Waals surface area contributed by atoms with E-state index in [0.29, 0.717) is 12.0 Å². The second-order valence-electron chi connectivity index (χ2n) is 5.36. The number of nitrogens with one attached hydrogen (secondary N) is 1. The van der Waals surface area contributed by atoms with Crippen molar-refractivity contribution in [3.05, 3.63) is 18.2 Å². The number of aryl methyl sites for hydroxylation is 1. The van der Waals surface area contributed by atoms with Crippen molar-refractivity contribution in [2.75, 3.05) is 0 Å². The van der Waals surface area contributed by atoms with Gasteiger partial charge in [-0.25, -0.2) is 4.98 Å². The van der Waals surface area contributed by atoms with Crippen molar-refractivity contribution in [3.8, 4) is 0 Å². The summed E-state index contributed by atoms with van der Waals surface area (Å²) < 4.78 is 2.21. The van der Waals surface area contributed by atoms with Crippen LogP contribution in [0.5, 0.6) is 0 Å². The number of nitrogens with two attached hydrogens (primary N) is 1. The van der Waals surface area contributed by atoms with Crippen molar-refractivity contribution in [2.24, 2.45) is 11.8 Å². The van der Waals surface area contributed by atoms with Crippen LogP contribution in [0.1, 0.15) is 51.3 Å². The molecule has 1 fully saturated rings. The van der Waals surface area contributed by atoms with Gasteiger partial charge in [0.15, 0.2) is 0 Å². The lowest BCUT2D eigenvalue weighted by Crippen LogP contribution is -2.43. The molecule has 1 saturated carbocycles. The smallest absolute Gasteiger partial charge is 0.110 e. The first-order valence-corrected chi connectivity index (χ1v) is 7.31. The van der Waals surface area contributed by atoms with E-state index >= 15 is 0 Å². The van der Waals surface area contributed by atoms with E-state index < -0.39 is 0 Å². The van der Waals surface area contributed by atoms with E-state index in [4.69, 9.17) is 5.84 Å². The fourth-order valence-corrected chi connectivity index (χ4v) is 3.09. The van der Waals surface area contributed by atoms with Crippen molar-refractivity contribution in [2.45, 2.75) is 64.5 Å². The zero-order valence-corrected chi connectivity index (χ0v) is 11.4. The first kappa shape index (κ1) is 13.6. The van der Waals surface area contributed by atoms with Gasteiger partial charge in [-0.15, -0.1) is 0 Å². The first-order chi connectivity index (χ1) is 8.85. The summed E-state index contributed by atoms with van der Waals surface area (Å²) in [5, 5.41) is 0. The van der Waals surface area contributed by atoms with Gasteiger partial charge in [-0.2, -0.15) is 0 Å². The lowest BCUT2D eigenvalue weighted by atomic mass is 9.90. The summed E-state index contributed by atoms with van der Waals surface area (Å²) in [7, 11) is 0. The molecule has 1 aliphatic rings. The maximum atomic E-state index is 5.78. The number of hydrogen-bond donors (Lipinski definition) is 2. The van der Waals surface area contributed by atoms with Crippen molar-refractivity contribution in [1.82, 2.24) is 15.0 Å². The number of hydrazine groups is 1. The Kier molecular flexibility index (Phi) is 5.20. The van der Waals surface area contributed by atoms with Crippen LogP contribution in [-0.4, -0.2) is 15.6 Å². The summed E-state index contributed by atoms with van der Waals surface area (Å²) in [6.07, 6.45) is 13.0. The summed E-state index contributed by atoms with van der Waals surface area (Å²) in [4.78, 5) is 4.46. The highest BCUT2D eigenvalue weighted by Gasteiger charge is 2.23. The molecule has 18 heavy (non-hydrogen) atoms. The minimum Gasteiger partial charge on any atom is -0.335 e. The summed E-state index contributed by atoms with van der Waals surface area (Å²) in [6.45, 7) is 3.14.